The molecule has 25 heavy (non-hydrogen) atoms. The zero-order chi connectivity index (χ0) is 17.2. The van der Waals surface area contributed by atoms with Crippen LogP contribution in [0.3, 0.4) is 0 Å². The Labute approximate surface area is 152 Å². The fraction of sp³-hybridized carbons (Fsp3) is 0.583. The van der Waals surface area contributed by atoms with Crippen LogP contribution >= 0.6 is 0 Å². The molecule has 2 aromatic rings. The third-order valence-electron chi connectivity index (χ3n) is 6.96. The van der Waals surface area contributed by atoms with E-state index in [2.05, 4.69) is 43.3 Å². The van der Waals surface area contributed by atoms with E-state index in [0.717, 1.165) is 29.4 Å². The number of fused-ring (bicyclic) bond motifs is 2. The molecule has 1 nitrogen and oxygen atoms in total. The van der Waals surface area contributed by atoms with Crippen molar-refractivity contribution in [1.29, 1.82) is 0 Å². The first kappa shape index (κ1) is 16.9. The van der Waals surface area contributed by atoms with Crippen molar-refractivity contribution in [2.45, 2.75) is 64.2 Å². The average molecular weight is 337 g/mol. The highest BCUT2D eigenvalue weighted by atomic mass is 16.5. The Morgan fingerprint density at radius 2 is 1.64 bits per heavy atom. The van der Waals surface area contributed by atoms with Crippen molar-refractivity contribution in [3.05, 3.63) is 42.0 Å². The monoisotopic (exact) mass is 336 g/mol. The second-order valence-electron chi connectivity index (χ2n) is 8.47. The van der Waals surface area contributed by atoms with E-state index in [1.807, 2.05) is 0 Å². The minimum atomic E-state index is 0.774. The Kier molecular flexibility index (Phi) is 5.01. The maximum Gasteiger partial charge on any atom is 0.119 e. The van der Waals surface area contributed by atoms with Gasteiger partial charge < -0.3 is 4.74 Å². The largest absolute Gasteiger partial charge is 0.497 e. The van der Waals surface area contributed by atoms with Gasteiger partial charge in [-0.05, 0) is 84.2 Å². The molecule has 0 bridgehead atoms. The summed E-state index contributed by atoms with van der Waals surface area (Å²) in [7, 11) is 1.74. The van der Waals surface area contributed by atoms with Crippen LogP contribution in [0.1, 0.15) is 69.8 Å². The summed E-state index contributed by atoms with van der Waals surface area (Å²) in [6.45, 7) is 2.35. The topological polar surface area (TPSA) is 9.23 Å². The second-order valence-corrected chi connectivity index (χ2v) is 8.47. The van der Waals surface area contributed by atoms with E-state index in [1.165, 1.54) is 62.1 Å². The molecule has 0 saturated heterocycles. The van der Waals surface area contributed by atoms with Gasteiger partial charge in [0.25, 0.3) is 0 Å². The molecule has 0 heterocycles. The lowest BCUT2D eigenvalue weighted by molar-refractivity contribution is 0.114. The molecular weight excluding hydrogens is 304 g/mol. The van der Waals surface area contributed by atoms with E-state index < -0.39 is 0 Å². The summed E-state index contributed by atoms with van der Waals surface area (Å²) in [5.74, 6) is 4.75. The molecule has 2 saturated carbocycles. The predicted octanol–water partition coefficient (Wildman–Crippen LogP) is 6.95. The molecule has 0 aromatic heterocycles. The molecule has 4 rings (SSSR count). The molecule has 2 aliphatic rings. The number of methoxy groups -OCH3 is 1. The minimum Gasteiger partial charge on any atom is -0.497 e. The van der Waals surface area contributed by atoms with Crippen LogP contribution < -0.4 is 4.74 Å². The minimum absolute atomic E-state index is 0.774. The highest BCUT2D eigenvalue weighted by Crippen LogP contribution is 2.48. The smallest absolute Gasteiger partial charge is 0.119 e. The Hall–Kier alpha value is -1.50. The highest BCUT2D eigenvalue weighted by Gasteiger charge is 2.35. The van der Waals surface area contributed by atoms with Crippen molar-refractivity contribution in [3.63, 3.8) is 0 Å². The molecule has 0 amide bonds. The molecule has 2 aliphatic carbocycles. The van der Waals surface area contributed by atoms with Crippen molar-refractivity contribution in [1.82, 2.24) is 0 Å². The van der Waals surface area contributed by atoms with Crippen LogP contribution in [0, 0.1) is 17.8 Å². The molecule has 0 spiro atoms. The molecule has 1 heteroatoms. The van der Waals surface area contributed by atoms with Gasteiger partial charge in [0, 0.05) is 0 Å². The zero-order valence-corrected chi connectivity index (χ0v) is 15.8. The maximum atomic E-state index is 5.35. The summed E-state index contributed by atoms with van der Waals surface area (Å²) in [5.41, 5.74) is 1.56. The third kappa shape index (κ3) is 3.57. The van der Waals surface area contributed by atoms with Crippen LogP contribution in [0.25, 0.3) is 10.8 Å². The Bertz CT molecular complexity index is 719. The third-order valence-corrected chi connectivity index (χ3v) is 6.96. The van der Waals surface area contributed by atoms with Crippen LogP contribution in [-0.2, 0) is 0 Å². The van der Waals surface area contributed by atoms with Gasteiger partial charge >= 0.3 is 0 Å². The number of hydrogen-bond acceptors (Lipinski definition) is 1. The quantitative estimate of drug-likeness (QED) is 0.587. The Morgan fingerprint density at radius 1 is 0.880 bits per heavy atom. The van der Waals surface area contributed by atoms with Gasteiger partial charge in [-0.1, -0.05) is 50.5 Å². The summed E-state index contributed by atoms with van der Waals surface area (Å²) in [4.78, 5) is 0. The van der Waals surface area contributed by atoms with E-state index in [-0.39, 0.29) is 0 Å². The van der Waals surface area contributed by atoms with Crippen molar-refractivity contribution in [3.8, 4) is 5.75 Å². The van der Waals surface area contributed by atoms with Crippen LogP contribution in [0.2, 0.25) is 0 Å². The number of ether oxygens (including phenoxy) is 1. The normalized spacial score (nSPS) is 29.4. The summed E-state index contributed by atoms with van der Waals surface area (Å²) in [6, 6.07) is 13.5. The summed E-state index contributed by atoms with van der Waals surface area (Å²) < 4.78 is 5.35. The average Bonchev–Trinajstić information content (AvgIpc) is 2.67. The van der Waals surface area contributed by atoms with Crippen LogP contribution in [-0.4, -0.2) is 7.11 Å². The van der Waals surface area contributed by atoms with Crippen LogP contribution in [0.4, 0.5) is 0 Å². The van der Waals surface area contributed by atoms with Crippen LogP contribution in [0.5, 0.6) is 5.75 Å². The molecule has 1 unspecified atom stereocenters. The Morgan fingerprint density at radius 3 is 2.48 bits per heavy atom. The van der Waals surface area contributed by atoms with Crippen molar-refractivity contribution in [2.24, 2.45) is 17.8 Å². The van der Waals surface area contributed by atoms with Crippen molar-refractivity contribution < 1.29 is 4.74 Å². The summed E-state index contributed by atoms with van der Waals surface area (Å²) in [6.07, 6.45) is 11.6. The van der Waals surface area contributed by atoms with Crippen molar-refractivity contribution >= 4 is 10.8 Å². The highest BCUT2D eigenvalue weighted by molar-refractivity contribution is 5.84. The summed E-state index contributed by atoms with van der Waals surface area (Å²) in [5, 5.41) is 2.64. The fourth-order valence-corrected chi connectivity index (χ4v) is 5.58. The molecule has 2 fully saturated rings. The van der Waals surface area contributed by atoms with Gasteiger partial charge in [-0.2, -0.15) is 0 Å². The molecule has 0 radical (unpaired) electrons. The van der Waals surface area contributed by atoms with Gasteiger partial charge in [0.15, 0.2) is 0 Å². The van der Waals surface area contributed by atoms with Gasteiger partial charge in [0.2, 0.25) is 0 Å². The second kappa shape index (κ2) is 7.40. The molecule has 2 aromatic carbocycles. The van der Waals surface area contributed by atoms with Gasteiger partial charge in [0.05, 0.1) is 7.11 Å². The van der Waals surface area contributed by atoms with Gasteiger partial charge in [-0.3, -0.25) is 0 Å². The van der Waals surface area contributed by atoms with Crippen LogP contribution in [0.15, 0.2) is 36.4 Å². The molecule has 4 atom stereocenters. The zero-order valence-electron chi connectivity index (χ0n) is 15.8. The van der Waals surface area contributed by atoms with E-state index in [9.17, 15) is 0 Å². The first-order valence-electron chi connectivity index (χ1n) is 10.3. The lowest BCUT2D eigenvalue weighted by Crippen LogP contribution is -2.30. The van der Waals surface area contributed by atoms with Gasteiger partial charge in [-0.25, -0.2) is 0 Å². The van der Waals surface area contributed by atoms with Crippen molar-refractivity contribution in [2.75, 3.05) is 7.11 Å². The summed E-state index contributed by atoms with van der Waals surface area (Å²) >= 11 is 0. The first-order valence-corrected chi connectivity index (χ1v) is 10.3. The number of hydrogen-bond donors (Lipinski definition) is 0. The SMILES string of the molecule is CCCC1CC[C@@H]2C[C@H](c3ccc4cc(OC)ccc4c3)CC[C@@H]2C1. The van der Waals surface area contributed by atoms with E-state index in [0.29, 0.717) is 0 Å². The number of rotatable bonds is 4. The standard InChI is InChI=1S/C24H32O/c1-3-4-17-5-6-19-14-20(8-7-18(19)13-17)21-9-10-23-16-24(25-2)12-11-22(23)15-21/h9-12,15-20H,3-8,13-14H2,1-2H3/t17?,18-,19-,20-/m1/s1. The lowest BCUT2D eigenvalue weighted by Gasteiger charge is -2.42. The fourth-order valence-electron chi connectivity index (χ4n) is 5.58. The van der Waals surface area contributed by atoms with E-state index >= 15 is 0 Å². The van der Waals surface area contributed by atoms with Gasteiger partial charge in [-0.15, -0.1) is 0 Å². The van der Waals surface area contributed by atoms with Gasteiger partial charge in [0.1, 0.15) is 5.75 Å². The molecule has 0 aliphatic heterocycles. The number of benzene rings is 2. The molecule has 0 N–H and O–H groups in total. The first-order chi connectivity index (χ1) is 12.3. The van der Waals surface area contributed by atoms with E-state index in [4.69, 9.17) is 4.74 Å². The molecular formula is C24H32O. The lowest BCUT2D eigenvalue weighted by atomic mass is 9.63. The van der Waals surface area contributed by atoms with E-state index in [1.54, 1.807) is 12.7 Å². The Balaban J connectivity index is 1.47. The maximum absolute atomic E-state index is 5.35. The molecule has 134 valence electrons. The predicted molar refractivity (Wildman–Crippen MR) is 106 cm³/mol.